The Balaban J connectivity index is 1.75. The Bertz CT molecular complexity index is 1120. The van der Waals surface area contributed by atoms with Crippen molar-refractivity contribution in [2.75, 3.05) is 11.6 Å². The van der Waals surface area contributed by atoms with Gasteiger partial charge in [0.2, 0.25) is 0 Å². The average Bonchev–Trinajstić information content (AvgIpc) is 3.03. The van der Waals surface area contributed by atoms with Crippen LogP contribution in [0.15, 0.2) is 71.8 Å². The van der Waals surface area contributed by atoms with Gasteiger partial charge in [-0.05, 0) is 56.2 Å². The van der Waals surface area contributed by atoms with Crippen LogP contribution in [0.25, 0.3) is 21.8 Å². The number of aryl methyl sites for hydroxylation is 2. The number of para-hydroxylation sites is 2. The molecule has 136 valence electrons. The van der Waals surface area contributed by atoms with Gasteiger partial charge in [-0.3, -0.25) is 5.01 Å². The lowest BCUT2D eigenvalue weighted by Gasteiger charge is -2.19. The molecule has 0 aliphatic carbocycles. The third-order valence-corrected chi connectivity index (χ3v) is 5.15. The Labute approximate surface area is 160 Å². The van der Waals surface area contributed by atoms with Gasteiger partial charge in [-0.15, -0.1) is 0 Å². The molecule has 0 spiro atoms. The lowest BCUT2D eigenvalue weighted by atomic mass is 10.1. The maximum absolute atomic E-state index is 4.76. The number of rotatable bonds is 5. The van der Waals surface area contributed by atoms with Crippen LogP contribution in [0.3, 0.4) is 0 Å². The van der Waals surface area contributed by atoms with E-state index >= 15 is 0 Å². The molecule has 0 bridgehead atoms. The van der Waals surface area contributed by atoms with Crippen LogP contribution in [0, 0.1) is 6.92 Å². The smallest absolute Gasteiger partial charge is 0.0622 e. The van der Waals surface area contributed by atoms with Crippen molar-refractivity contribution in [3.63, 3.8) is 0 Å². The summed E-state index contributed by atoms with van der Waals surface area (Å²) in [5.74, 6) is 0. The molecule has 4 rings (SSSR count). The van der Waals surface area contributed by atoms with Crippen molar-refractivity contribution in [1.82, 2.24) is 4.57 Å². The van der Waals surface area contributed by atoms with Crippen LogP contribution in [0.1, 0.15) is 25.0 Å². The first-order valence-corrected chi connectivity index (χ1v) is 9.61. The minimum absolute atomic E-state index is 0.832. The highest BCUT2D eigenvalue weighted by atomic mass is 15.4. The molecule has 27 heavy (non-hydrogen) atoms. The lowest BCUT2D eigenvalue weighted by Crippen LogP contribution is -2.16. The quantitative estimate of drug-likeness (QED) is 0.318. The first-order valence-electron chi connectivity index (χ1n) is 9.61. The van der Waals surface area contributed by atoms with Crippen molar-refractivity contribution in [2.24, 2.45) is 5.10 Å². The number of anilines is 1. The number of nitrogens with zero attached hydrogens (tertiary/aromatic N) is 3. The van der Waals surface area contributed by atoms with Gasteiger partial charge in [-0.25, -0.2) is 0 Å². The van der Waals surface area contributed by atoms with E-state index in [0.29, 0.717) is 0 Å². The Morgan fingerprint density at radius 2 is 1.63 bits per heavy atom. The van der Waals surface area contributed by atoms with Crippen molar-refractivity contribution in [2.45, 2.75) is 27.3 Å². The van der Waals surface area contributed by atoms with Gasteiger partial charge >= 0.3 is 0 Å². The minimum Gasteiger partial charge on any atom is -0.341 e. The van der Waals surface area contributed by atoms with E-state index in [9.17, 15) is 0 Å². The Morgan fingerprint density at radius 1 is 0.889 bits per heavy atom. The summed E-state index contributed by atoms with van der Waals surface area (Å²) in [5, 5.41) is 9.40. The fraction of sp³-hybridized carbons (Fsp3) is 0.208. The molecular formula is C24H25N3. The summed E-state index contributed by atoms with van der Waals surface area (Å²) >= 11 is 0. The van der Waals surface area contributed by atoms with Crippen molar-refractivity contribution in [1.29, 1.82) is 0 Å². The fourth-order valence-electron chi connectivity index (χ4n) is 3.80. The average molecular weight is 355 g/mol. The number of hydrogen-bond acceptors (Lipinski definition) is 2. The molecule has 0 saturated carbocycles. The highest BCUT2D eigenvalue weighted by Gasteiger charge is 2.09. The molecule has 0 aliphatic rings. The third-order valence-electron chi connectivity index (χ3n) is 5.15. The van der Waals surface area contributed by atoms with Crippen molar-refractivity contribution in [3.8, 4) is 0 Å². The number of aromatic nitrogens is 1. The monoisotopic (exact) mass is 355 g/mol. The summed E-state index contributed by atoms with van der Waals surface area (Å²) in [5.41, 5.74) is 6.08. The zero-order valence-electron chi connectivity index (χ0n) is 16.2. The van der Waals surface area contributed by atoms with Gasteiger partial charge < -0.3 is 4.57 Å². The largest absolute Gasteiger partial charge is 0.341 e. The lowest BCUT2D eigenvalue weighted by molar-refractivity contribution is 0.827. The predicted molar refractivity (Wildman–Crippen MR) is 117 cm³/mol. The molecule has 0 N–H and O–H groups in total. The Hall–Kier alpha value is -3.07. The zero-order valence-corrected chi connectivity index (χ0v) is 16.2. The van der Waals surface area contributed by atoms with Gasteiger partial charge in [0.1, 0.15) is 0 Å². The van der Waals surface area contributed by atoms with E-state index in [4.69, 9.17) is 5.10 Å². The van der Waals surface area contributed by atoms with E-state index in [1.165, 1.54) is 27.4 Å². The maximum atomic E-state index is 4.76. The summed E-state index contributed by atoms with van der Waals surface area (Å²) in [6.07, 6.45) is 1.97. The van der Waals surface area contributed by atoms with E-state index in [2.05, 4.69) is 97.1 Å². The second kappa shape index (κ2) is 7.28. The molecule has 0 aliphatic heterocycles. The maximum Gasteiger partial charge on any atom is 0.0622 e. The number of hydrogen-bond donors (Lipinski definition) is 0. The van der Waals surface area contributed by atoms with Gasteiger partial charge in [0.25, 0.3) is 0 Å². The molecule has 3 nitrogen and oxygen atoms in total. The van der Waals surface area contributed by atoms with Crippen LogP contribution in [-0.2, 0) is 6.54 Å². The Morgan fingerprint density at radius 3 is 2.41 bits per heavy atom. The van der Waals surface area contributed by atoms with Crippen molar-refractivity contribution in [3.05, 3.63) is 77.9 Å². The number of fused-ring (bicyclic) bond motifs is 3. The normalized spacial score (nSPS) is 11.7. The SMILES string of the molecule is CCN(N=Cc1ccc2c(c1)c1ccccc1n2CC)c1ccccc1C. The Kier molecular flexibility index (Phi) is 4.68. The van der Waals surface area contributed by atoms with Gasteiger partial charge in [-0.2, -0.15) is 5.10 Å². The summed E-state index contributed by atoms with van der Waals surface area (Å²) in [7, 11) is 0. The molecule has 0 saturated heterocycles. The van der Waals surface area contributed by atoms with Gasteiger partial charge in [0.05, 0.1) is 11.9 Å². The van der Waals surface area contributed by atoms with Crippen molar-refractivity contribution >= 4 is 33.7 Å². The summed E-state index contributed by atoms with van der Waals surface area (Å²) in [4.78, 5) is 0. The van der Waals surface area contributed by atoms with E-state index in [1.807, 2.05) is 6.21 Å². The molecular weight excluding hydrogens is 330 g/mol. The highest BCUT2D eigenvalue weighted by Crippen LogP contribution is 2.29. The van der Waals surface area contributed by atoms with Crippen LogP contribution in [0.4, 0.5) is 5.69 Å². The van der Waals surface area contributed by atoms with E-state index in [0.717, 1.165) is 24.3 Å². The van der Waals surface area contributed by atoms with Crippen LogP contribution in [0.5, 0.6) is 0 Å². The summed E-state index contributed by atoms with van der Waals surface area (Å²) in [6, 6.07) is 23.6. The number of hydrazone groups is 1. The molecule has 0 unspecified atom stereocenters. The fourth-order valence-corrected chi connectivity index (χ4v) is 3.80. The van der Waals surface area contributed by atoms with Gasteiger partial charge in [-0.1, -0.05) is 42.5 Å². The van der Waals surface area contributed by atoms with Crippen LogP contribution >= 0.6 is 0 Å². The number of benzene rings is 3. The first-order chi connectivity index (χ1) is 13.2. The molecule has 0 amide bonds. The zero-order chi connectivity index (χ0) is 18.8. The minimum atomic E-state index is 0.832. The molecule has 1 heterocycles. The molecule has 4 aromatic rings. The molecule has 1 aromatic heterocycles. The summed E-state index contributed by atoms with van der Waals surface area (Å²) in [6.45, 7) is 8.25. The molecule has 0 fully saturated rings. The molecule has 0 radical (unpaired) electrons. The third kappa shape index (κ3) is 3.10. The van der Waals surface area contributed by atoms with Crippen LogP contribution < -0.4 is 5.01 Å². The van der Waals surface area contributed by atoms with Crippen LogP contribution in [-0.4, -0.2) is 17.3 Å². The second-order valence-corrected chi connectivity index (χ2v) is 6.78. The second-order valence-electron chi connectivity index (χ2n) is 6.78. The predicted octanol–water partition coefficient (Wildman–Crippen LogP) is 5.98. The molecule has 3 heteroatoms. The summed E-state index contributed by atoms with van der Waals surface area (Å²) < 4.78 is 2.37. The highest BCUT2D eigenvalue weighted by molar-refractivity contribution is 6.09. The molecule has 3 aromatic carbocycles. The van der Waals surface area contributed by atoms with Gasteiger partial charge in [0.15, 0.2) is 0 Å². The first kappa shape index (κ1) is 17.3. The van der Waals surface area contributed by atoms with Gasteiger partial charge in [0, 0.05) is 34.9 Å². The van der Waals surface area contributed by atoms with E-state index in [-0.39, 0.29) is 0 Å². The van der Waals surface area contributed by atoms with E-state index in [1.54, 1.807) is 0 Å². The van der Waals surface area contributed by atoms with E-state index < -0.39 is 0 Å². The van der Waals surface area contributed by atoms with Crippen molar-refractivity contribution < 1.29 is 0 Å². The standard InChI is InChI=1S/C24H25N3/c1-4-26-23-13-9-7-11-20(23)21-16-19(14-15-24(21)26)17-25-27(5-2)22-12-8-6-10-18(22)3/h6-17H,4-5H2,1-3H3. The van der Waals surface area contributed by atoms with Crippen LogP contribution in [0.2, 0.25) is 0 Å². The topological polar surface area (TPSA) is 20.5 Å². The molecule has 0 atom stereocenters.